The highest BCUT2D eigenvalue weighted by Gasteiger charge is 2.31. The lowest BCUT2D eigenvalue weighted by Crippen LogP contribution is -2.37. The number of amides is 1. The molecule has 0 spiro atoms. The zero-order valence-electron chi connectivity index (χ0n) is 21.9. The fraction of sp³-hybridized carbons (Fsp3) is 0.500. The van der Waals surface area contributed by atoms with Gasteiger partial charge in [-0.05, 0) is 107 Å². The first-order valence-electron chi connectivity index (χ1n) is 13.7. The lowest BCUT2D eigenvalue weighted by molar-refractivity contribution is -0.122. The van der Waals surface area contributed by atoms with Crippen LogP contribution in [0.2, 0.25) is 5.02 Å². The van der Waals surface area contributed by atoms with Crippen molar-refractivity contribution < 1.29 is 4.79 Å². The van der Waals surface area contributed by atoms with Crippen LogP contribution in [-0.2, 0) is 11.3 Å². The number of piperidine rings is 1. The Morgan fingerprint density at radius 1 is 1.11 bits per heavy atom. The average Bonchev–Trinajstić information content (AvgIpc) is 2.85. The van der Waals surface area contributed by atoms with Crippen LogP contribution in [0.3, 0.4) is 0 Å². The summed E-state index contributed by atoms with van der Waals surface area (Å²) in [6, 6.07) is 13.3. The molecule has 2 aromatic carbocycles. The number of rotatable bonds is 8. The van der Waals surface area contributed by atoms with E-state index in [-0.39, 0.29) is 24.1 Å². The third kappa shape index (κ3) is 6.07. The molecule has 1 aromatic heterocycles. The predicted octanol–water partition coefficient (Wildman–Crippen LogP) is 5.61. The summed E-state index contributed by atoms with van der Waals surface area (Å²) in [7, 11) is 0. The minimum absolute atomic E-state index is 0.0145. The van der Waals surface area contributed by atoms with E-state index in [0.29, 0.717) is 33.2 Å². The number of nitrogens with zero attached hydrogens (tertiary/aromatic N) is 3. The smallest absolute Gasteiger partial charge is 0.262 e. The molecule has 2 aliphatic rings. The quantitative estimate of drug-likeness (QED) is 0.419. The Labute approximate surface area is 224 Å². The summed E-state index contributed by atoms with van der Waals surface area (Å²) in [5.74, 6) is 1.49. The zero-order chi connectivity index (χ0) is 25.9. The van der Waals surface area contributed by atoms with Crippen molar-refractivity contribution in [2.75, 3.05) is 19.6 Å². The molecule has 2 fully saturated rings. The Hall–Kier alpha value is -2.70. The average molecular weight is 521 g/mol. The minimum Gasteiger partial charge on any atom is -0.352 e. The summed E-state index contributed by atoms with van der Waals surface area (Å²) in [5.41, 5.74) is 2.37. The third-order valence-corrected chi connectivity index (χ3v) is 8.06. The van der Waals surface area contributed by atoms with Gasteiger partial charge in [-0.1, -0.05) is 36.2 Å². The number of nitrogens with one attached hydrogen (secondary N) is 1. The molecule has 196 valence electrons. The van der Waals surface area contributed by atoms with Crippen LogP contribution in [0.1, 0.15) is 63.9 Å². The molecule has 1 saturated carbocycles. The van der Waals surface area contributed by atoms with Crippen LogP contribution in [0.4, 0.5) is 0 Å². The van der Waals surface area contributed by atoms with E-state index in [2.05, 4.69) is 16.3 Å². The molecule has 2 heterocycles. The fourth-order valence-electron chi connectivity index (χ4n) is 5.79. The molecule has 5 rings (SSSR count). The van der Waals surface area contributed by atoms with Crippen LogP contribution in [0.5, 0.6) is 0 Å². The molecule has 1 N–H and O–H groups in total. The number of hydrogen-bond acceptors (Lipinski definition) is 4. The monoisotopic (exact) mass is 520 g/mol. The summed E-state index contributed by atoms with van der Waals surface area (Å²) in [4.78, 5) is 33.9. The van der Waals surface area contributed by atoms with Gasteiger partial charge in [-0.15, -0.1) is 0 Å². The fourth-order valence-corrected chi connectivity index (χ4v) is 5.98. The van der Waals surface area contributed by atoms with Crippen LogP contribution in [0, 0.1) is 5.92 Å². The molecule has 1 saturated heterocycles. The van der Waals surface area contributed by atoms with Crippen molar-refractivity contribution in [1.29, 1.82) is 0 Å². The number of aromatic nitrogens is 2. The van der Waals surface area contributed by atoms with Gasteiger partial charge in [-0.25, -0.2) is 4.98 Å². The van der Waals surface area contributed by atoms with Gasteiger partial charge in [0.15, 0.2) is 0 Å². The highest BCUT2D eigenvalue weighted by molar-refractivity contribution is 6.30. The first-order chi connectivity index (χ1) is 17.9. The van der Waals surface area contributed by atoms with Crippen LogP contribution >= 0.6 is 11.6 Å². The molecule has 1 amide bonds. The van der Waals surface area contributed by atoms with Crippen LogP contribution in [0.25, 0.3) is 22.3 Å². The number of hydrogen-bond donors (Lipinski definition) is 1. The number of halogens is 1. The highest BCUT2D eigenvalue weighted by Crippen LogP contribution is 2.43. The molecule has 0 bridgehead atoms. The maximum atomic E-state index is 13.8. The Balaban J connectivity index is 1.39. The zero-order valence-corrected chi connectivity index (χ0v) is 22.6. The molecule has 37 heavy (non-hydrogen) atoms. The maximum absolute atomic E-state index is 13.8. The van der Waals surface area contributed by atoms with Gasteiger partial charge in [0.1, 0.15) is 12.4 Å². The summed E-state index contributed by atoms with van der Waals surface area (Å²) in [5, 5.41) is 4.01. The van der Waals surface area contributed by atoms with Crippen LogP contribution in [-0.4, -0.2) is 46.0 Å². The van der Waals surface area contributed by atoms with Crippen molar-refractivity contribution in [3.05, 3.63) is 63.4 Å². The first kappa shape index (κ1) is 25.9. The number of carbonyl (C=O) groups is 1. The van der Waals surface area contributed by atoms with Crippen molar-refractivity contribution in [1.82, 2.24) is 19.8 Å². The molecular formula is C30H37ClN4O2. The summed E-state index contributed by atoms with van der Waals surface area (Å²) >= 11 is 6.24. The van der Waals surface area contributed by atoms with Gasteiger partial charge < -0.3 is 10.2 Å². The van der Waals surface area contributed by atoms with E-state index in [4.69, 9.17) is 16.6 Å². The normalized spacial score (nSPS) is 20.2. The second kappa shape index (κ2) is 11.4. The number of carbonyl (C=O) groups excluding carboxylic acids is 1. The van der Waals surface area contributed by atoms with E-state index < -0.39 is 0 Å². The van der Waals surface area contributed by atoms with E-state index in [1.807, 2.05) is 38.1 Å². The van der Waals surface area contributed by atoms with E-state index in [1.54, 1.807) is 12.1 Å². The summed E-state index contributed by atoms with van der Waals surface area (Å²) in [6.45, 7) is 7.45. The van der Waals surface area contributed by atoms with Gasteiger partial charge in [0.05, 0.1) is 10.9 Å². The Morgan fingerprint density at radius 2 is 1.89 bits per heavy atom. The minimum atomic E-state index is -0.215. The van der Waals surface area contributed by atoms with Gasteiger partial charge in [0, 0.05) is 16.6 Å². The van der Waals surface area contributed by atoms with Crippen molar-refractivity contribution in [3.8, 4) is 11.4 Å². The van der Waals surface area contributed by atoms with E-state index in [0.717, 1.165) is 5.92 Å². The maximum Gasteiger partial charge on any atom is 0.262 e. The molecule has 0 atom stereocenters. The lowest BCUT2D eigenvalue weighted by atomic mass is 9.70. The number of likely N-dealkylation sites (tertiary alicyclic amines) is 1. The van der Waals surface area contributed by atoms with Crippen molar-refractivity contribution in [2.24, 2.45) is 5.92 Å². The predicted molar refractivity (Wildman–Crippen MR) is 150 cm³/mol. The van der Waals surface area contributed by atoms with Crippen LogP contribution < -0.4 is 10.9 Å². The topological polar surface area (TPSA) is 67.2 Å². The molecule has 1 aliphatic heterocycles. The van der Waals surface area contributed by atoms with Gasteiger partial charge in [-0.3, -0.25) is 14.2 Å². The molecule has 1 aliphatic carbocycles. The Bertz CT molecular complexity index is 1320. The van der Waals surface area contributed by atoms with Crippen molar-refractivity contribution in [2.45, 2.75) is 70.9 Å². The highest BCUT2D eigenvalue weighted by atomic mass is 35.5. The number of benzene rings is 2. The van der Waals surface area contributed by atoms with E-state index in [9.17, 15) is 9.59 Å². The first-order valence-corrected chi connectivity index (χ1v) is 14.1. The van der Waals surface area contributed by atoms with E-state index >= 15 is 0 Å². The molecule has 7 heteroatoms. The SMILES string of the molecule is CC(C)NC(=O)Cn1c(-c2cccc(Cl)c2)nc2ccc(C3CC(CCN4CCCCC4)C3)cc2c1=O. The van der Waals surface area contributed by atoms with Gasteiger partial charge in [-0.2, -0.15) is 0 Å². The summed E-state index contributed by atoms with van der Waals surface area (Å²) in [6.07, 6.45) is 7.69. The van der Waals surface area contributed by atoms with Crippen LogP contribution in [0.15, 0.2) is 47.3 Å². The largest absolute Gasteiger partial charge is 0.352 e. The molecular weight excluding hydrogens is 484 g/mol. The second-order valence-electron chi connectivity index (χ2n) is 11.1. The lowest BCUT2D eigenvalue weighted by Gasteiger charge is -2.37. The van der Waals surface area contributed by atoms with Crippen molar-refractivity contribution >= 4 is 28.4 Å². The molecule has 0 radical (unpaired) electrons. The van der Waals surface area contributed by atoms with E-state index in [1.165, 1.54) is 68.3 Å². The van der Waals surface area contributed by atoms with Crippen molar-refractivity contribution in [3.63, 3.8) is 0 Å². The Morgan fingerprint density at radius 3 is 2.62 bits per heavy atom. The second-order valence-corrected chi connectivity index (χ2v) is 11.5. The van der Waals surface area contributed by atoms with Gasteiger partial charge >= 0.3 is 0 Å². The van der Waals surface area contributed by atoms with Gasteiger partial charge in [0.25, 0.3) is 5.56 Å². The molecule has 3 aromatic rings. The summed E-state index contributed by atoms with van der Waals surface area (Å²) < 4.78 is 1.48. The number of fused-ring (bicyclic) bond motifs is 1. The van der Waals surface area contributed by atoms with Gasteiger partial charge in [0.2, 0.25) is 5.91 Å². The molecule has 6 nitrogen and oxygen atoms in total. The third-order valence-electron chi connectivity index (χ3n) is 7.82. The Kier molecular flexibility index (Phi) is 7.96. The molecule has 0 unspecified atom stereocenters. The standard InChI is InChI=1S/C30H37ClN4O2/c1-20(2)32-28(36)19-35-29(23-7-6-8-25(31)17-23)33-27-10-9-22(18-26(27)30(35)37)24-15-21(16-24)11-14-34-12-4-3-5-13-34/h6-10,17-18,20-21,24H,3-5,11-16,19H2,1-2H3,(H,32,36).